The van der Waals surface area contributed by atoms with Gasteiger partial charge in [0, 0.05) is 21.6 Å². The highest BCUT2D eigenvalue weighted by molar-refractivity contribution is 7.99. The van der Waals surface area contributed by atoms with Crippen molar-refractivity contribution in [3.05, 3.63) is 28.8 Å². The van der Waals surface area contributed by atoms with Gasteiger partial charge in [0.15, 0.2) is 0 Å². The molecule has 1 aromatic carbocycles. The molecular weight excluding hydrogens is 310 g/mol. The molecule has 0 saturated carbocycles. The van der Waals surface area contributed by atoms with Crippen LogP contribution < -0.4 is 5.32 Å². The Morgan fingerprint density at radius 2 is 2.10 bits per heavy atom. The van der Waals surface area contributed by atoms with Crippen LogP contribution in [0.4, 0.5) is 0 Å². The van der Waals surface area contributed by atoms with Crippen molar-refractivity contribution in [2.24, 2.45) is 11.8 Å². The lowest BCUT2D eigenvalue weighted by Gasteiger charge is -2.28. The number of carboxylic acids is 1. The molecule has 0 radical (unpaired) electrons. The molecular formula is C15H18ClNO3S. The van der Waals surface area contributed by atoms with Crippen LogP contribution >= 0.6 is 23.4 Å². The number of fused-ring (bicyclic) bond motifs is 1. The van der Waals surface area contributed by atoms with Crippen molar-refractivity contribution in [2.45, 2.75) is 31.2 Å². The number of hydrogen-bond acceptors (Lipinski definition) is 3. The van der Waals surface area contributed by atoms with Gasteiger partial charge in [-0.3, -0.25) is 9.59 Å². The smallest absolute Gasteiger partial charge is 0.307 e. The van der Waals surface area contributed by atoms with Gasteiger partial charge >= 0.3 is 5.97 Å². The summed E-state index contributed by atoms with van der Waals surface area (Å²) in [5, 5.41) is 12.6. The zero-order chi connectivity index (χ0) is 15.6. The van der Waals surface area contributed by atoms with Crippen LogP contribution in [-0.4, -0.2) is 22.7 Å². The maximum atomic E-state index is 12.2. The van der Waals surface area contributed by atoms with Gasteiger partial charge in [0.2, 0.25) is 5.91 Å². The Hall–Kier alpha value is -1.20. The van der Waals surface area contributed by atoms with Gasteiger partial charge in [-0.1, -0.05) is 25.4 Å². The van der Waals surface area contributed by atoms with Crippen LogP contribution in [0.25, 0.3) is 0 Å². The number of carbonyl (C=O) groups is 2. The summed E-state index contributed by atoms with van der Waals surface area (Å²) in [4.78, 5) is 24.3. The third-order valence-electron chi connectivity index (χ3n) is 3.88. The van der Waals surface area contributed by atoms with E-state index in [1.807, 2.05) is 18.2 Å². The maximum absolute atomic E-state index is 12.2. The molecule has 0 fully saturated rings. The maximum Gasteiger partial charge on any atom is 0.307 e. The average molecular weight is 328 g/mol. The van der Waals surface area contributed by atoms with Gasteiger partial charge in [0.05, 0.1) is 12.0 Å². The fourth-order valence-corrected chi connectivity index (χ4v) is 3.55. The monoisotopic (exact) mass is 327 g/mol. The Balaban J connectivity index is 2.13. The molecule has 1 heterocycles. The van der Waals surface area contributed by atoms with E-state index in [1.165, 1.54) is 0 Å². The highest BCUT2D eigenvalue weighted by Crippen LogP contribution is 2.37. The van der Waals surface area contributed by atoms with Crippen LogP contribution in [-0.2, 0) is 9.59 Å². The van der Waals surface area contributed by atoms with Gasteiger partial charge in [0.1, 0.15) is 0 Å². The van der Waals surface area contributed by atoms with Crippen molar-refractivity contribution >= 4 is 35.2 Å². The fraction of sp³-hybridized carbons (Fsp3) is 0.467. The van der Waals surface area contributed by atoms with Crippen molar-refractivity contribution in [1.29, 1.82) is 0 Å². The number of aliphatic carboxylic acids is 1. The van der Waals surface area contributed by atoms with Crippen LogP contribution in [0.3, 0.4) is 0 Å². The minimum atomic E-state index is -0.958. The van der Waals surface area contributed by atoms with Crippen molar-refractivity contribution < 1.29 is 14.7 Å². The Labute approximate surface area is 133 Å². The Bertz CT molecular complexity index is 564. The van der Waals surface area contributed by atoms with Crippen molar-refractivity contribution in [3.8, 4) is 0 Å². The minimum Gasteiger partial charge on any atom is -0.481 e. The molecule has 0 aliphatic carbocycles. The molecule has 0 bridgehead atoms. The van der Waals surface area contributed by atoms with E-state index in [4.69, 9.17) is 16.7 Å². The summed E-state index contributed by atoms with van der Waals surface area (Å²) in [5.74, 6) is -1.54. The molecule has 1 aromatic rings. The lowest BCUT2D eigenvalue weighted by molar-refractivity contribution is -0.146. The quantitative estimate of drug-likeness (QED) is 0.890. The molecule has 0 spiro atoms. The highest BCUT2D eigenvalue weighted by atomic mass is 35.5. The first-order valence-corrected chi connectivity index (χ1v) is 8.22. The number of halogens is 1. The highest BCUT2D eigenvalue weighted by Gasteiger charge is 2.29. The zero-order valence-electron chi connectivity index (χ0n) is 11.9. The number of nitrogens with one attached hydrogen (secondary N) is 1. The van der Waals surface area contributed by atoms with Crippen molar-refractivity contribution in [2.75, 3.05) is 5.75 Å². The van der Waals surface area contributed by atoms with Crippen LogP contribution in [0.15, 0.2) is 23.1 Å². The molecule has 0 saturated heterocycles. The number of rotatable bonds is 4. The van der Waals surface area contributed by atoms with Gasteiger partial charge in [0.25, 0.3) is 0 Å². The second-order valence-electron chi connectivity index (χ2n) is 5.30. The van der Waals surface area contributed by atoms with Gasteiger partial charge in [-0.2, -0.15) is 0 Å². The van der Waals surface area contributed by atoms with Crippen LogP contribution in [0, 0.1) is 11.8 Å². The van der Waals surface area contributed by atoms with Gasteiger partial charge in [-0.05, 0) is 30.2 Å². The largest absolute Gasteiger partial charge is 0.481 e. The number of carboxylic acid groups (broad SMARTS) is 1. The molecule has 2 rings (SSSR count). The Morgan fingerprint density at radius 1 is 1.38 bits per heavy atom. The standard InChI is InChI=1S/C15H18ClNO3S/c1-8(9(2)15(19)20)14(18)17-12-5-6-21-13-4-3-10(16)7-11(12)13/h3-4,7-9,12H,5-6H2,1-2H3,(H,17,18)(H,19,20). The Kier molecular flexibility index (Phi) is 5.17. The van der Waals surface area contributed by atoms with E-state index in [0.717, 1.165) is 22.6 Å². The van der Waals surface area contributed by atoms with E-state index >= 15 is 0 Å². The minimum absolute atomic E-state index is 0.101. The topological polar surface area (TPSA) is 66.4 Å². The number of amides is 1. The summed E-state index contributed by atoms with van der Waals surface area (Å²) in [7, 11) is 0. The normalized spacial score (nSPS) is 20.2. The molecule has 0 aromatic heterocycles. The van der Waals surface area contributed by atoms with E-state index in [1.54, 1.807) is 25.6 Å². The molecule has 3 unspecified atom stereocenters. The second kappa shape index (κ2) is 6.71. The molecule has 4 nitrogen and oxygen atoms in total. The summed E-state index contributed by atoms with van der Waals surface area (Å²) in [6, 6.07) is 5.58. The lowest BCUT2D eigenvalue weighted by atomic mass is 9.94. The summed E-state index contributed by atoms with van der Waals surface area (Å²) < 4.78 is 0. The fourth-order valence-electron chi connectivity index (χ4n) is 2.26. The number of thioether (sulfide) groups is 1. The zero-order valence-corrected chi connectivity index (χ0v) is 13.5. The van der Waals surface area contributed by atoms with E-state index in [2.05, 4.69) is 5.32 Å². The SMILES string of the molecule is CC(C(=O)O)C(C)C(=O)NC1CCSc2ccc(Cl)cc21. The first kappa shape index (κ1) is 16.2. The van der Waals surface area contributed by atoms with Gasteiger partial charge < -0.3 is 10.4 Å². The van der Waals surface area contributed by atoms with Crippen molar-refractivity contribution in [3.63, 3.8) is 0 Å². The lowest BCUT2D eigenvalue weighted by Crippen LogP contribution is -2.38. The number of benzene rings is 1. The number of carbonyl (C=O) groups excluding carboxylic acids is 1. The van der Waals surface area contributed by atoms with Gasteiger partial charge in [-0.25, -0.2) is 0 Å². The summed E-state index contributed by atoms with van der Waals surface area (Å²) in [5.41, 5.74) is 1.02. The molecule has 2 N–H and O–H groups in total. The van der Waals surface area contributed by atoms with E-state index in [-0.39, 0.29) is 11.9 Å². The Morgan fingerprint density at radius 3 is 2.76 bits per heavy atom. The van der Waals surface area contributed by atoms with E-state index < -0.39 is 17.8 Å². The van der Waals surface area contributed by atoms with E-state index in [0.29, 0.717) is 5.02 Å². The van der Waals surface area contributed by atoms with Gasteiger partial charge in [-0.15, -0.1) is 11.8 Å². The molecule has 1 aliphatic rings. The third-order valence-corrected chi connectivity index (χ3v) is 5.24. The van der Waals surface area contributed by atoms with E-state index in [9.17, 15) is 9.59 Å². The molecule has 6 heteroatoms. The molecule has 21 heavy (non-hydrogen) atoms. The third kappa shape index (κ3) is 3.71. The van der Waals surface area contributed by atoms with Crippen molar-refractivity contribution in [1.82, 2.24) is 5.32 Å². The summed E-state index contributed by atoms with van der Waals surface area (Å²) in [6.45, 7) is 3.19. The molecule has 1 aliphatic heterocycles. The predicted octanol–water partition coefficient (Wildman–Crippen LogP) is 3.35. The predicted molar refractivity (Wildman–Crippen MR) is 83.6 cm³/mol. The first-order valence-electron chi connectivity index (χ1n) is 6.85. The average Bonchev–Trinajstić information content (AvgIpc) is 2.46. The second-order valence-corrected chi connectivity index (χ2v) is 6.87. The molecule has 114 valence electrons. The number of hydrogen-bond donors (Lipinski definition) is 2. The summed E-state index contributed by atoms with van der Waals surface area (Å²) in [6.07, 6.45) is 0.817. The first-order chi connectivity index (χ1) is 9.90. The summed E-state index contributed by atoms with van der Waals surface area (Å²) >= 11 is 7.78. The van der Waals surface area contributed by atoms with Crippen LogP contribution in [0.1, 0.15) is 31.9 Å². The van der Waals surface area contributed by atoms with Crippen LogP contribution in [0.2, 0.25) is 5.02 Å². The molecule has 1 amide bonds. The van der Waals surface area contributed by atoms with Crippen LogP contribution in [0.5, 0.6) is 0 Å². The molecule has 3 atom stereocenters.